The summed E-state index contributed by atoms with van der Waals surface area (Å²) in [5, 5.41) is 11.5. The summed E-state index contributed by atoms with van der Waals surface area (Å²) < 4.78 is 41.6. The first kappa shape index (κ1) is 27.7. The number of nitrogens with one attached hydrogen (secondary N) is 1. The summed E-state index contributed by atoms with van der Waals surface area (Å²) in [6, 6.07) is 9.07. The molecule has 0 bridgehead atoms. The third kappa shape index (κ3) is 5.72. The van der Waals surface area contributed by atoms with Gasteiger partial charge in [0.1, 0.15) is 24.4 Å². The zero-order chi connectivity index (χ0) is 29.5. The van der Waals surface area contributed by atoms with E-state index >= 15 is 0 Å². The number of hydrogen-bond donors (Lipinski definition) is 2. The first-order valence-electron chi connectivity index (χ1n) is 12.1. The molecule has 11 nitrogen and oxygen atoms in total. The first-order valence-corrected chi connectivity index (χ1v) is 12.5. The summed E-state index contributed by atoms with van der Waals surface area (Å²) in [6.45, 7) is 2.32. The number of benzene rings is 1. The van der Waals surface area contributed by atoms with E-state index < -0.39 is 24.1 Å². The van der Waals surface area contributed by atoms with Gasteiger partial charge in [0.25, 0.3) is 5.91 Å². The van der Waals surface area contributed by atoms with Crippen LogP contribution in [0.2, 0.25) is 5.02 Å². The van der Waals surface area contributed by atoms with Crippen LogP contribution < -0.4 is 16.5 Å². The molecule has 15 heteroatoms. The lowest BCUT2D eigenvalue weighted by Gasteiger charge is -2.13. The number of nitrogen functional groups attached to an aromatic ring is 1. The smallest absolute Gasteiger partial charge is 0.383 e. The zero-order valence-electron chi connectivity index (χ0n) is 21.5. The molecule has 5 rings (SSSR count). The molecule has 0 atom stereocenters. The third-order valence-electron chi connectivity index (χ3n) is 5.99. The normalized spacial score (nSPS) is 11.8. The SMILES string of the molecule is CC(C)n1cc(-c2ccc(Cl)cn2)c(=O)c(C(=O)Nc2ccc(-c3nn(CC(F)(F)F)c4ncnc(N)c34)cc2)n1. The maximum atomic E-state index is 13.2. The van der Waals surface area contributed by atoms with Gasteiger partial charge in [0, 0.05) is 29.7 Å². The van der Waals surface area contributed by atoms with Crippen molar-refractivity contribution in [3.8, 4) is 22.5 Å². The highest BCUT2D eigenvalue weighted by Crippen LogP contribution is 2.32. The average Bonchev–Trinajstić information content (AvgIpc) is 3.27. The van der Waals surface area contributed by atoms with Gasteiger partial charge in [0.15, 0.2) is 11.3 Å². The number of carbonyl (C=O) groups excluding carboxylic acids is 1. The predicted octanol–water partition coefficient (Wildman–Crippen LogP) is 4.74. The molecule has 1 amide bonds. The minimum Gasteiger partial charge on any atom is -0.383 e. The topological polar surface area (TPSA) is 146 Å². The number of nitrogens with zero attached hydrogens (tertiary/aromatic N) is 7. The van der Waals surface area contributed by atoms with Crippen LogP contribution in [0.25, 0.3) is 33.5 Å². The number of amides is 1. The van der Waals surface area contributed by atoms with Gasteiger partial charge in [-0.1, -0.05) is 23.7 Å². The molecule has 0 aliphatic rings. The van der Waals surface area contributed by atoms with Gasteiger partial charge in [0.05, 0.1) is 21.7 Å². The molecule has 1 aromatic carbocycles. The van der Waals surface area contributed by atoms with Gasteiger partial charge >= 0.3 is 6.18 Å². The van der Waals surface area contributed by atoms with Crippen molar-refractivity contribution in [1.29, 1.82) is 0 Å². The Morgan fingerprint density at radius 2 is 1.80 bits per heavy atom. The van der Waals surface area contributed by atoms with Crippen LogP contribution in [0.15, 0.2) is 59.9 Å². The van der Waals surface area contributed by atoms with E-state index in [4.69, 9.17) is 17.3 Å². The van der Waals surface area contributed by atoms with Gasteiger partial charge in [-0.05, 0) is 38.1 Å². The highest BCUT2D eigenvalue weighted by Gasteiger charge is 2.31. The standard InChI is InChI=1S/C26H21ClF3N9O2/c1-13(2)38-10-17(18-8-5-15(27)9-32-18)22(40)21(37-38)25(41)35-16-6-3-14(4-7-16)20-19-23(31)33-12-34-24(19)39(36-20)11-26(28,29)30/h3-10,12-13H,11H2,1-2H3,(H,35,41)(H2,31,33,34). The lowest BCUT2D eigenvalue weighted by atomic mass is 10.1. The van der Waals surface area contributed by atoms with Gasteiger partial charge in [-0.25, -0.2) is 14.6 Å². The molecule has 0 saturated carbocycles. The zero-order valence-corrected chi connectivity index (χ0v) is 22.3. The number of nitrogens with two attached hydrogens (primary N) is 1. The molecule has 210 valence electrons. The van der Waals surface area contributed by atoms with Gasteiger partial charge < -0.3 is 11.1 Å². The molecule has 41 heavy (non-hydrogen) atoms. The molecule has 0 saturated heterocycles. The van der Waals surface area contributed by atoms with Crippen LogP contribution in [0.3, 0.4) is 0 Å². The molecule has 0 spiro atoms. The Hall–Kier alpha value is -4.85. The molecular weight excluding hydrogens is 563 g/mol. The van der Waals surface area contributed by atoms with E-state index in [2.05, 4.69) is 30.5 Å². The Morgan fingerprint density at radius 3 is 2.44 bits per heavy atom. The van der Waals surface area contributed by atoms with Crippen LogP contribution in [0.4, 0.5) is 24.7 Å². The molecule has 4 heterocycles. The number of anilines is 2. The van der Waals surface area contributed by atoms with Crippen molar-refractivity contribution in [3.05, 3.63) is 76.1 Å². The molecule has 0 fully saturated rings. The fourth-order valence-corrected chi connectivity index (χ4v) is 4.16. The Labute approximate surface area is 234 Å². The van der Waals surface area contributed by atoms with Crippen molar-refractivity contribution >= 4 is 40.0 Å². The number of alkyl halides is 3. The molecule has 3 N–H and O–H groups in total. The number of hydrogen-bond acceptors (Lipinski definition) is 8. The van der Waals surface area contributed by atoms with E-state index in [-0.39, 0.29) is 39.8 Å². The molecule has 0 aliphatic heterocycles. The van der Waals surface area contributed by atoms with E-state index in [0.717, 1.165) is 6.33 Å². The second-order valence-corrected chi connectivity index (χ2v) is 9.70. The van der Waals surface area contributed by atoms with Gasteiger partial charge in [0.2, 0.25) is 5.43 Å². The van der Waals surface area contributed by atoms with Crippen LogP contribution in [-0.2, 0) is 6.54 Å². The van der Waals surface area contributed by atoms with E-state index in [1.165, 1.54) is 41.3 Å². The Bertz CT molecular complexity index is 1820. The summed E-state index contributed by atoms with van der Waals surface area (Å²) in [4.78, 5) is 38.4. The Morgan fingerprint density at radius 1 is 1.07 bits per heavy atom. The van der Waals surface area contributed by atoms with Crippen molar-refractivity contribution in [1.82, 2.24) is 34.5 Å². The minimum atomic E-state index is -4.53. The summed E-state index contributed by atoms with van der Waals surface area (Å²) in [6.07, 6.45) is -0.555. The van der Waals surface area contributed by atoms with Crippen molar-refractivity contribution in [2.24, 2.45) is 0 Å². The number of fused-ring (bicyclic) bond motifs is 1. The summed E-state index contributed by atoms with van der Waals surface area (Å²) in [5.74, 6) is -0.788. The number of aromatic nitrogens is 7. The molecule has 4 aromatic heterocycles. The summed E-state index contributed by atoms with van der Waals surface area (Å²) in [7, 11) is 0. The van der Waals surface area contributed by atoms with Gasteiger partial charge in [-0.15, -0.1) is 0 Å². The number of carbonyl (C=O) groups is 1. The largest absolute Gasteiger partial charge is 0.408 e. The van der Waals surface area contributed by atoms with Crippen LogP contribution in [0.5, 0.6) is 0 Å². The van der Waals surface area contributed by atoms with Crippen LogP contribution >= 0.6 is 11.6 Å². The number of rotatable bonds is 6. The van der Waals surface area contributed by atoms with E-state index in [9.17, 15) is 22.8 Å². The summed E-state index contributed by atoms with van der Waals surface area (Å²) >= 11 is 5.92. The van der Waals surface area contributed by atoms with Crippen LogP contribution in [0, 0.1) is 0 Å². The fraction of sp³-hybridized carbons (Fsp3) is 0.192. The summed E-state index contributed by atoms with van der Waals surface area (Å²) in [5.41, 5.74) is 6.27. The Kier molecular flexibility index (Phi) is 7.17. The lowest BCUT2D eigenvalue weighted by Crippen LogP contribution is -2.28. The minimum absolute atomic E-state index is 0.0293. The number of pyridine rings is 1. The average molecular weight is 584 g/mol. The fourth-order valence-electron chi connectivity index (χ4n) is 4.05. The lowest BCUT2D eigenvalue weighted by molar-refractivity contribution is -0.141. The molecule has 0 unspecified atom stereocenters. The van der Waals surface area contributed by atoms with E-state index in [1.54, 1.807) is 12.1 Å². The highest BCUT2D eigenvalue weighted by molar-refractivity contribution is 6.30. The second kappa shape index (κ2) is 10.6. The van der Waals surface area contributed by atoms with Crippen LogP contribution in [0.1, 0.15) is 30.4 Å². The molecule has 0 aliphatic carbocycles. The maximum Gasteiger partial charge on any atom is 0.408 e. The molecule has 0 radical (unpaired) electrons. The monoisotopic (exact) mass is 583 g/mol. The number of halogens is 4. The quantitative estimate of drug-likeness (QED) is 0.291. The van der Waals surface area contributed by atoms with Gasteiger partial charge in [-0.2, -0.15) is 23.4 Å². The first-order chi connectivity index (χ1) is 19.4. The van der Waals surface area contributed by atoms with E-state index in [0.29, 0.717) is 26.6 Å². The van der Waals surface area contributed by atoms with Crippen molar-refractivity contribution < 1.29 is 18.0 Å². The van der Waals surface area contributed by atoms with Gasteiger partial charge in [-0.3, -0.25) is 19.3 Å². The molecular formula is C26H21ClF3N9O2. The molecule has 5 aromatic rings. The van der Waals surface area contributed by atoms with Crippen molar-refractivity contribution in [3.63, 3.8) is 0 Å². The van der Waals surface area contributed by atoms with E-state index in [1.807, 2.05) is 13.8 Å². The highest BCUT2D eigenvalue weighted by atomic mass is 35.5. The third-order valence-corrected chi connectivity index (χ3v) is 6.21. The predicted molar refractivity (Wildman–Crippen MR) is 146 cm³/mol. The maximum absolute atomic E-state index is 13.2. The van der Waals surface area contributed by atoms with Crippen LogP contribution in [-0.4, -0.2) is 46.6 Å². The Balaban J connectivity index is 1.47. The second-order valence-electron chi connectivity index (χ2n) is 9.27. The van der Waals surface area contributed by atoms with Crippen molar-refractivity contribution in [2.75, 3.05) is 11.1 Å². The van der Waals surface area contributed by atoms with Crippen molar-refractivity contribution in [2.45, 2.75) is 32.6 Å².